The fourth-order valence-corrected chi connectivity index (χ4v) is 1.98. The molecule has 0 radical (unpaired) electrons. The van der Waals surface area contributed by atoms with Gasteiger partial charge in [0, 0.05) is 23.3 Å². The lowest BCUT2D eigenvalue weighted by Crippen LogP contribution is -1.92. The Morgan fingerprint density at radius 1 is 1.00 bits per heavy atom. The van der Waals surface area contributed by atoms with Crippen LogP contribution in [0.2, 0.25) is 0 Å². The Hall–Kier alpha value is -3.08. The molecule has 0 aliphatic rings. The van der Waals surface area contributed by atoms with Crippen LogP contribution < -0.4 is 0 Å². The largest absolute Gasteiger partial charge is 0.505 e. The number of amides is 1. The van der Waals surface area contributed by atoms with Gasteiger partial charge in [-0.25, -0.2) is 0 Å². The van der Waals surface area contributed by atoms with Gasteiger partial charge in [-0.15, -0.1) is 10.2 Å². The van der Waals surface area contributed by atoms with Crippen molar-refractivity contribution in [1.82, 2.24) is 4.98 Å². The molecular weight excluding hydrogens is 266 g/mol. The van der Waals surface area contributed by atoms with E-state index < -0.39 is 5.91 Å². The molecule has 3 rings (SSSR count). The lowest BCUT2D eigenvalue weighted by molar-refractivity contribution is 0.0995. The first-order chi connectivity index (χ1) is 10.3. The van der Waals surface area contributed by atoms with E-state index in [1.807, 2.05) is 24.3 Å². The minimum absolute atomic E-state index is 0.0133. The molecule has 0 bridgehead atoms. The van der Waals surface area contributed by atoms with Crippen LogP contribution >= 0.6 is 0 Å². The summed E-state index contributed by atoms with van der Waals surface area (Å²) in [5, 5.41) is 19.2. The number of aromatic nitrogens is 1. The van der Waals surface area contributed by atoms with Crippen LogP contribution in [0.15, 0.2) is 71.2 Å². The Morgan fingerprint density at radius 2 is 1.76 bits per heavy atom. The van der Waals surface area contributed by atoms with Crippen molar-refractivity contribution in [3.63, 3.8) is 0 Å². The van der Waals surface area contributed by atoms with Crippen LogP contribution in [0.1, 0.15) is 10.4 Å². The van der Waals surface area contributed by atoms with Gasteiger partial charge in [-0.2, -0.15) is 0 Å². The van der Waals surface area contributed by atoms with E-state index in [-0.39, 0.29) is 11.4 Å². The Balaban J connectivity index is 1.93. The summed E-state index contributed by atoms with van der Waals surface area (Å²) < 4.78 is 0. The average molecular weight is 277 g/mol. The minimum Gasteiger partial charge on any atom is -0.505 e. The number of benzene rings is 2. The highest BCUT2D eigenvalue weighted by molar-refractivity contribution is 5.95. The van der Waals surface area contributed by atoms with Crippen molar-refractivity contribution in [2.24, 2.45) is 10.2 Å². The Kier molecular flexibility index (Phi) is 3.39. The van der Waals surface area contributed by atoms with Gasteiger partial charge >= 0.3 is 0 Å². The predicted octanol–water partition coefficient (Wildman–Crippen LogP) is 3.86. The first-order valence-corrected chi connectivity index (χ1v) is 6.32. The van der Waals surface area contributed by atoms with E-state index in [4.69, 9.17) is 0 Å². The molecule has 1 heterocycles. The van der Waals surface area contributed by atoms with Crippen LogP contribution in [0.25, 0.3) is 10.8 Å². The summed E-state index contributed by atoms with van der Waals surface area (Å²) in [6.07, 6.45) is 3.02. The molecule has 0 aliphatic carbocycles. The van der Waals surface area contributed by atoms with Gasteiger partial charge in [0.2, 0.25) is 0 Å². The number of carbonyl (C=O) groups excluding carboxylic acids is 1. The maximum Gasteiger partial charge on any atom is 0.295 e. The van der Waals surface area contributed by atoms with E-state index in [9.17, 15) is 9.90 Å². The zero-order valence-corrected chi connectivity index (χ0v) is 11.0. The van der Waals surface area contributed by atoms with Crippen LogP contribution in [0.3, 0.4) is 0 Å². The van der Waals surface area contributed by atoms with Crippen molar-refractivity contribution in [2.75, 3.05) is 0 Å². The highest BCUT2D eigenvalue weighted by Gasteiger charge is 2.07. The molecule has 0 atom stereocenters. The average Bonchev–Trinajstić information content (AvgIpc) is 2.55. The molecule has 0 spiro atoms. The van der Waals surface area contributed by atoms with Gasteiger partial charge in [-0.3, -0.25) is 9.78 Å². The standard InChI is InChI=1S/C16H11N3O2/c20-15-13-4-2-1-3-11(13)5-6-14(15)18-19-16(21)12-7-9-17-10-8-12/h1-10,20H. The quantitative estimate of drug-likeness (QED) is 0.722. The van der Waals surface area contributed by atoms with E-state index in [1.54, 1.807) is 24.3 Å². The summed E-state index contributed by atoms with van der Waals surface area (Å²) in [4.78, 5) is 15.7. The maximum absolute atomic E-state index is 11.8. The Bertz CT molecular complexity index is 829. The van der Waals surface area contributed by atoms with Crippen LogP contribution in [0, 0.1) is 0 Å². The number of hydrogen-bond donors (Lipinski definition) is 1. The Labute approximate surface area is 120 Å². The van der Waals surface area contributed by atoms with E-state index in [0.717, 1.165) is 5.39 Å². The molecule has 0 fully saturated rings. The molecule has 102 valence electrons. The minimum atomic E-state index is -0.482. The number of carbonyl (C=O) groups is 1. The van der Waals surface area contributed by atoms with Gasteiger partial charge in [-0.1, -0.05) is 30.3 Å². The van der Waals surface area contributed by atoms with Crippen molar-refractivity contribution in [1.29, 1.82) is 0 Å². The number of rotatable bonds is 2. The van der Waals surface area contributed by atoms with Gasteiger partial charge in [-0.05, 0) is 23.6 Å². The number of hydrogen-bond acceptors (Lipinski definition) is 4. The van der Waals surface area contributed by atoms with Gasteiger partial charge in [0.25, 0.3) is 5.91 Å². The van der Waals surface area contributed by atoms with E-state index in [1.165, 1.54) is 12.4 Å². The van der Waals surface area contributed by atoms with Crippen molar-refractivity contribution >= 4 is 22.4 Å². The van der Waals surface area contributed by atoms with Gasteiger partial charge in [0.15, 0.2) is 5.75 Å². The molecule has 21 heavy (non-hydrogen) atoms. The zero-order valence-electron chi connectivity index (χ0n) is 11.0. The molecule has 2 aromatic carbocycles. The van der Waals surface area contributed by atoms with Gasteiger partial charge < -0.3 is 5.11 Å². The van der Waals surface area contributed by atoms with Crippen molar-refractivity contribution in [3.05, 3.63) is 66.5 Å². The monoisotopic (exact) mass is 277 g/mol. The number of phenols is 1. The number of aromatic hydroxyl groups is 1. The highest BCUT2D eigenvalue weighted by atomic mass is 16.3. The Morgan fingerprint density at radius 3 is 2.57 bits per heavy atom. The number of nitrogens with zero attached hydrogens (tertiary/aromatic N) is 3. The van der Waals surface area contributed by atoms with E-state index in [2.05, 4.69) is 15.2 Å². The molecule has 1 aromatic heterocycles. The molecule has 0 aliphatic heterocycles. The SMILES string of the molecule is O=C(N=Nc1ccc2ccccc2c1O)c1ccncc1. The smallest absolute Gasteiger partial charge is 0.295 e. The lowest BCUT2D eigenvalue weighted by atomic mass is 10.1. The van der Waals surface area contributed by atoms with Crippen molar-refractivity contribution in [3.8, 4) is 5.75 Å². The molecule has 0 saturated carbocycles. The van der Waals surface area contributed by atoms with Gasteiger partial charge in [0.1, 0.15) is 5.69 Å². The second kappa shape index (κ2) is 5.50. The predicted molar refractivity (Wildman–Crippen MR) is 78.7 cm³/mol. The van der Waals surface area contributed by atoms with Crippen LogP contribution in [0.5, 0.6) is 5.75 Å². The van der Waals surface area contributed by atoms with E-state index >= 15 is 0 Å². The molecule has 1 N–H and O–H groups in total. The second-order valence-corrected chi connectivity index (χ2v) is 4.40. The van der Waals surface area contributed by atoms with Crippen LogP contribution in [-0.2, 0) is 0 Å². The van der Waals surface area contributed by atoms with Crippen molar-refractivity contribution in [2.45, 2.75) is 0 Å². The fourth-order valence-electron chi connectivity index (χ4n) is 1.98. The fraction of sp³-hybridized carbons (Fsp3) is 0. The summed E-state index contributed by atoms with van der Waals surface area (Å²) in [6.45, 7) is 0. The van der Waals surface area contributed by atoms with E-state index in [0.29, 0.717) is 10.9 Å². The maximum atomic E-state index is 11.8. The normalized spacial score (nSPS) is 11.0. The third kappa shape index (κ3) is 2.62. The van der Waals surface area contributed by atoms with Crippen LogP contribution in [-0.4, -0.2) is 16.0 Å². The molecule has 0 unspecified atom stereocenters. The zero-order chi connectivity index (χ0) is 14.7. The van der Waals surface area contributed by atoms with Gasteiger partial charge in [0.05, 0.1) is 0 Å². The molecule has 1 amide bonds. The molecule has 5 nitrogen and oxygen atoms in total. The molecule has 0 saturated heterocycles. The first-order valence-electron chi connectivity index (χ1n) is 6.32. The third-order valence-corrected chi connectivity index (χ3v) is 3.06. The number of azo groups is 1. The highest BCUT2D eigenvalue weighted by Crippen LogP contribution is 2.34. The first kappa shape index (κ1) is 12.9. The second-order valence-electron chi connectivity index (χ2n) is 4.40. The van der Waals surface area contributed by atoms with Crippen LogP contribution in [0.4, 0.5) is 5.69 Å². The molecular formula is C16H11N3O2. The summed E-state index contributed by atoms with van der Waals surface area (Å²) in [6, 6.07) is 13.9. The summed E-state index contributed by atoms with van der Waals surface area (Å²) >= 11 is 0. The number of phenolic OH excluding ortho intramolecular Hbond substituents is 1. The summed E-state index contributed by atoms with van der Waals surface area (Å²) in [5.74, 6) is -0.468. The molecule has 5 heteroatoms. The lowest BCUT2D eigenvalue weighted by Gasteiger charge is -2.02. The summed E-state index contributed by atoms with van der Waals surface area (Å²) in [5.41, 5.74) is 0.658. The van der Waals surface area contributed by atoms with Crippen molar-refractivity contribution < 1.29 is 9.90 Å². The molecule has 3 aromatic rings. The summed E-state index contributed by atoms with van der Waals surface area (Å²) in [7, 11) is 0. The number of fused-ring (bicyclic) bond motifs is 1. The third-order valence-electron chi connectivity index (χ3n) is 3.06. The topological polar surface area (TPSA) is 74.9 Å². The number of pyridine rings is 1.